The van der Waals surface area contributed by atoms with Crippen LogP contribution in [0.5, 0.6) is 11.5 Å². The molecule has 0 aliphatic carbocycles. The van der Waals surface area contributed by atoms with Crippen molar-refractivity contribution in [1.29, 1.82) is 0 Å². The molecule has 1 saturated heterocycles. The number of anilines is 1. The number of fused-ring (bicyclic) bond motifs is 1. The Bertz CT molecular complexity index is 774. The van der Waals surface area contributed by atoms with Gasteiger partial charge in [0, 0.05) is 37.6 Å². The van der Waals surface area contributed by atoms with Crippen LogP contribution in [0.2, 0.25) is 0 Å². The number of carbonyl (C=O) groups excluding carboxylic acids is 3. The summed E-state index contributed by atoms with van der Waals surface area (Å²) in [5.41, 5.74) is 0.834. The summed E-state index contributed by atoms with van der Waals surface area (Å²) in [5, 5.41) is 2.85. The molecule has 0 unspecified atom stereocenters. The number of nitrogens with zero attached hydrogens (tertiary/aromatic N) is 1. The second kappa shape index (κ2) is 8.63. The minimum absolute atomic E-state index is 0.104. The number of amides is 2. The normalized spacial score (nSPS) is 18.3. The smallest absolute Gasteiger partial charge is 0.231 e. The maximum atomic E-state index is 12.6. The van der Waals surface area contributed by atoms with Crippen LogP contribution in [0.25, 0.3) is 0 Å². The number of carbonyl (C=O) groups is 3. The van der Waals surface area contributed by atoms with E-state index in [9.17, 15) is 14.4 Å². The lowest BCUT2D eigenvalue weighted by Gasteiger charge is -2.33. The number of benzene rings is 1. The van der Waals surface area contributed by atoms with Gasteiger partial charge in [0.05, 0.1) is 5.69 Å². The molecule has 0 saturated carbocycles. The number of likely N-dealkylation sites (tertiary alicyclic amines) is 1. The third-order valence-electron chi connectivity index (χ3n) is 5.09. The van der Waals surface area contributed by atoms with Crippen molar-refractivity contribution in [1.82, 2.24) is 4.90 Å². The zero-order chi connectivity index (χ0) is 20.3. The Kier molecular flexibility index (Phi) is 6.21. The van der Waals surface area contributed by atoms with E-state index in [-0.39, 0.29) is 30.3 Å². The van der Waals surface area contributed by atoms with Gasteiger partial charge in [0.15, 0.2) is 17.3 Å². The summed E-state index contributed by atoms with van der Waals surface area (Å²) >= 11 is 0. The van der Waals surface area contributed by atoms with E-state index in [0.717, 1.165) is 19.4 Å². The number of hydrogen-bond acceptors (Lipinski definition) is 5. The fourth-order valence-electron chi connectivity index (χ4n) is 3.74. The van der Waals surface area contributed by atoms with Crippen LogP contribution in [0.3, 0.4) is 0 Å². The average molecular weight is 388 g/mol. The van der Waals surface area contributed by atoms with E-state index in [4.69, 9.17) is 9.47 Å². The van der Waals surface area contributed by atoms with Gasteiger partial charge in [0.25, 0.3) is 0 Å². The molecule has 1 aromatic carbocycles. The quantitative estimate of drug-likeness (QED) is 0.756. The molecule has 2 aliphatic heterocycles. The highest BCUT2D eigenvalue weighted by Gasteiger charge is 2.26. The van der Waals surface area contributed by atoms with Gasteiger partial charge in [-0.3, -0.25) is 14.4 Å². The topological polar surface area (TPSA) is 84.9 Å². The van der Waals surface area contributed by atoms with Crippen LogP contribution in [-0.2, 0) is 9.59 Å². The second-order valence-corrected chi connectivity index (χ2v) is 8.01. The number of ketones is 1. The zero-order valence-corrected chi connectivity index (χ0v) is 16.7. The third-order valence-corrected chi connectivity index (χ3v) is 5.09. The molecule has 0 radical (unpaired) electrons. The van der Waals surface area contributed by atoms with Crippen molar-refractivity contribution in [2.75, 3.05) is 25.2 Å². The first kappa shape index (κ1) is 20.2. The molecule has 0 bridgehead atoms. The number of rotatable bonds is 6. The van der Waals surface area contributed by atoms with E-state index in [1.165, 1.54) is 6.92 Å². The Morgan fingerprint density at radius 2 is 1.93 bits per heavy atom. The molecule has 0 spiro atoms. The first-order valence-electron chi connectivity index (χ1n) is 9.85. The molecule has 7 nitrogen and oxygen atoms in total. The van der Waals surface area contributed by atoms with Crippen LogP contribution in [-0.4, -0.2) is 42.4 Å². The lowest BCUT2D eigenvalue weighted by molar-refractivity contribution is -0.134. The van der Waals surface area contributed by atoms with Gasteiger partial charge in [-0.25, -0.2) is 0 Å². The fraction of sp³-hybridized carbons (Fsp3) is 0.571. The summed E-state index contributed by atoms with van der Waals surface area (Å²) in [6.07, 6.45) is 2.68. The molecule has 2 aliphatic rings. The molecular formula is C21H28N2O5. The number of nitrogens with one attached hydrogen (secondary N) is 1. The molecule has 1 aromatic rings. The molecule has 152 valence electrons. The van der Waals surface area contributed by atoms with Gasteiger partial charge < -0.3 is 19.7 Å². The minimum atomic E-state index is -0.162. The summed E-state index contributed by atoms with van der Waals surface area (Å²) in [5.74, 6) is 1.32. The van der Waals surface area contributed by atoms with Crippen molar-refractivity contribution in [2.24, 2.45) is 11.8 Å². The van der Waals surface area contributed by atoms with Gasteiger partial charge in [-0.05, 0) is 37.7 Å². The van der Waals surface area contributed by atoms with Crippen LogP contribution in [0, 0.1) is 11.8 Å². The Morgan fingerprint density at radius 3 is 2.61 bits per heavy atom. The van der Waals surface area contributed by atoms with Gasteiger partial charge >= 0.3 is 0 Å². The van der Waals surface area contributed by atoms with Crippen LogP contribution in [0.15, 0.2) is 12.1 Å². The number of hydrogen-bond donors (Lipinski definition) is 1. The monoisotopic (exact) mass is 388 g/mol. The first-order valence-corrected chi connectivity index (χ1v) is 9.85. The van der Waals surface area contributed by atoms with E-state index in [0.29, 0.717) is 48.1 Å². The molecule has 28 heavy (non-hydrogen) atoms. The molecule has 1 fully saturated rings. The number of Topliss-reactive ketones (excluding diaryl/α,β-unsaturated/α-hetero) is 1. The van der Waals surface area contributed by atoms with Crippen LogP contribution in [0.1, 0.15) is 56.8 Å². The van der Waals surface area contributed by atoms with E-state index in [2.05, 4.69) is 5.32 Å². The highest BCUT2D eigenvalue weighted by molar-refractivity contribution is 6.04. The molecule has 2 heterocycles. The second-order valence-electron chi connectivity index (χ2n) is 8.01. The van der Waals surface area contributed by atoms with Gasteiger partial charge in [-0.2, -0.15) is 0 Å². The summed E-state index contributed by atoms with van der Waals surface area (Å²) in [4.78, 5) is 38.8. The Morgan fingerprint density at radius 1 is 1.21 bits per heavy atom. The minimum Gasteiger partial charge on any atom is -0.454 e. The van der Waals surface area contributed by atoms with Crippen molar-refractivity contribution in [3.05, 3.63) is 17.7 Å². The maximum Gasteiger partial charge on any atom is 0.231 e. The SMILES string of the molecule is CC(=O)c1cc2c(cc1NC(=O)C[C@@H]1CCCN(C(=O)CC(C)C)C1)OCO2. The van der Waals surface area contributed by atoms with Crippen LogP contribution < -0.4 is 14.8 Å². The lowest BCUT2D eigenvalue weighted by atomic mass is 9.93. The van der Waals surface area contributed by atoms with Gasteiger partial charge in [-0.1, -0.05) is 13.8 Å². The average Bonchev–Trinajstić information content (AvgIpc) is 3.07. The molecule has 0 aromatic heterocycles. The number of ether oxygens (including phenoxy) is 2. The third kappa shape index (κ3) is 4.82. The predicted molar refractivity (Wildman–Crippen MR) is 105 cm³/mol. The van der Waals surface area contributed by atoms with Crippen molar-refractivity contribution in [3.8, 4) is 11.5 Å². The molecule has 2 amide bonds. The van der Waals surface area contributed by atoms with Crippen molar-refractivity contribution < 1.29 is 23.9 Å². The molecule has 1 N–H and O–H groups in total. The van der Waals surface area contributed by atoms with Crippen LogP contribution in [0.4, 0.5) is 5.69 Å². The van der Waals surface area contributed by atoms with E-state index >= 15 is 0 Å². The zero-order valence-electron chi connectivity index (χ0n) is 16.7. The highest BCUT2D eigenvalue weighted by atomic mass is 16.7. The Balaban J connectivity index is 1.63. The summed E-state index contributed by atoms with van der Waals surface area (Å²) in [7, 11) is 0. The highest BCUT2D eigenvalue weighted by Crippen LogP contribution is 2.37. The summed E-state index contributed by atoms with van der Waals surface area (Å²) in [6, 6.07) is 3.24. The lowest BCUT2D eigenvalue weighted by Crippen LogP contribution is -2.41. The number of piperidine rings is 1. The van der Waals surface area contributed by atoms with Crippen LogP contribution >= 0.6 is 0 Å². The van der Waals surface area contributed by atoms with Gasteiger partial charge in [0.1, 0.15) is 0 Å². The maximum absolute atomic E-state index is 12.6. The molecule has 3 rings (SSSR count). The van der Waals surface area contributed by atoms with E-state index < -0.39 is 0 Å². The summed E-state index contributed by atoms with van der Waals surface area (Å²) in [6.45, 7) is 6.99. The molecular weight excluding hydrogens is 360 g/mol. The summed E-state index contributed by atoms with van der Waals surface area (Å²) < 4.78 is 10.7. The van der Waals surface area contributed by atoms with Crippen molar-refractivity contribution in [3.63, 3.8) is 0 Å². The Labute approximate surface area is 165 Å². The predicted octanol–water partition coefficient (Wildman–Crippen LogP) is 3.23. The van der Waals surface area contributed by atoms with Crippen molar-refractivity contribution in [2.45, 2.75) is 46.5 Å². The van der Waals surface area contributed by atoms with Gasteiger partial charge in [-0.15, -0.1) is 0 Å². The standard InChI is InChI=1S/C21H28N2O5/c1-13(2)7-21(26)23-6-4-5-15(11-23)8-20(25)22-17-10-19-18(27-12-28-19)9-16(17)14(3)24/h9-10,13,15H,4-8,11-12H2,1-3H3,(H,22,25)/t15-/m0/s1. The Hall–Kier alpha value is -2.57. The van der Waals surface area contributed by atoms with Gasteiger partial charge in [0.2, 0.25) is 18.6 Å². The first-order chi connectivity index (χ1) is 13.3. The van der Waals surface area contributed by atoms with E-state index in [1.54, 1.807) is 12.1 Å². The molecule has 1 atom stereocenters. The molecule has 7 heteroatoms. The fourth-order valence-corrected chi connectivity index (χ4v) is 3.74. The largest absolute Gasteiger partial charge is 0.454 e. The van der Waals surface area contributed by atoms with E-state index in [1.807, 2.05) is 18.7 Å². The van der Waals surface area contributed by atoms with Crippen molar-refractivity contribution >= 4 is 23.3 Å².